The van der Waals surface area contributed by atoms with Gasteiger partial charge in [-0.3, -0.25) is 0 Å². The molecule has 87 valence electrons. The summed E-state index contributed by atoms with van der Waals surface area (Å²) in [6, 6.07) is 0. The molecule has 0 N–H and O–H groups in total. The molecular weight excluding hydrogens is 216 g/mol. The number of ether oxygens (including phenoxy) is 2. The maximum atomic E-state index is 11.3. The van der Waals surface area contributed by atoms with Crippen molar-refractivity contribution in [3.05, 3.63) is 11.8 Å². The third-order valence-electron chi connectivity index (χ3n) is 1.54. The summed E-state index contributed by atoms with van der Waals surface area (Å²) in [6.07, 6.45) is 1.80. The van der Waals surface area contributed by atoms with E-state index in [0.717, 1.165) is 0 Å². The number of rotatable bonds is 7. The van der Waals surface area contributed by atoms with Crippen LogP contribution in [0.25, 0.3) is 0 Å². The fourth-order valence-electron chi connectivity index (χ4n) is 0.800. The lowest BCUT2D eigenvalue weighted by Gasteiger charge is -2.12. The molecule has 0 aromatic rings. The average molecular weight is 233 g/mol. The molecule has 0 aliphatic carbocycles. The Labute approximate surface area is 91.8 Å². The molecule has 0 aliphatic rings. The van der Waals surface area contributed by atoms with Gasteiger partial charge in [0.25, 0.3) is 0 Å². The first-order valence-electron chi connectivity index (χ1n) is 4.59. The van der Waals surface area contributed by atoms with Crippen LogP contribution in [0.2, 0.25) is 0 Å². The van der Waals surface area contributed by atoms with E-state index in [0.29, 0.717) is 6.61 Å². The van der Waals surface area contributed by atoms with E-state index in [1.165, 1.54) is 0 Å². The smallest absolute Gasteiger partial charge is 0.425 e. The topological polar surface area (TPSA) is 54.0 Å². The van der Waals surface area contributed by atoms with Gasteiger partial charge in [-0.2, -0.15) is 0 Å². The number of carbonyl (C=O) groups excluding carboxylic acids is 1. The van der Waals surface area contributed by atoms with Crippen LogP contribution in [0.4, 0.5) is 0 Å². The SMILES string of the molecule is CC=C(OC[Si](OC)OC)C(=O)OCC. The van der Waals surface area contributed by atoms with E-state index in [1.807, 2.05) is 0 Å². The van der Waals surface area contributed by atoms with E-state index < -0.39 is 15.3 Å². The van der Waals surface area contributed by atoms with Gasteiger partial charge in [-0.05, 0) is 19.9 Å². The summed E-state index contributed by atoms with van der Waals surface area (Å²) in [6.45, 7) is 3.77. The number of esters is 1. The van der Waals surface area contributed by atoms with Crippen molar-refractivity contribution in [1.82, 2.24) is 0 Å². The van der Waals surface area contributed by atoms with Crippen molar-refractivity contribution in [1.29, 1.82) is 0 Å². The second-order valence-corrected chi connectivity index (χ2v) is 4.29. The lowest BCUT2D eigenvalue weighted by Crippen LogP contribution is -2.27. The van der Waals surface area contributed by atoms with Crippen molar-refractivity contribution in [2.24, 2.45) is 0 Å². The summed E-state index contributed by atoms with van der Waals surface area (Å²) >= 11 is 0. The third kappa shape index (κ3) is 5.56. The number of hydrogen-bond acceptors (Lipinski definition) is 5. The van der Waals surface area contributed by atoms with Crippen LogP contribution in [0.15, 0.2) is 11.8 Å². The second-order valence-electron chi connectivity index (χ2n) is 2.44. The van der Waals surface area contributed by atoms with E-state index in [-0.39, 0.29) is 12.0 Å². The van der Waals surface area contributed by atoms with E-state index in [2.05, 4.69) is 0 Å². The Bertz CT molecular complexity index is 213. The number of allylic oxidation sites excluding steroid dienone is 1. The monoisotopic (exact) mass is 233 g/mol. The van der Waals surface area contributed by atoms with Crippen LogP contribution in [0.1, 0.15) is 13.8 Å². The third-order valence-corrected chi connectivity index (χ3v) is 2.83. The average Bonchev–Trinajstić information content (AvgIpc) is 2.25. The molecule has 0 unspecified atom stereocenters. The molecular formula is C9H17O5Si. The highest BCUT2D eigenvalue weighted by Gasteiger charge is 2.17. The predicted molar refractivity (Wildman–Crippen MR) is 56.1 cm³/mol. The molecule has 15 heavy (non-hydrogen) atoms. The molecule has 0 saturated carbocycles. The summed E-state index contributed by atoms with van der Waals surface area (Å²) in [7, 11) is 1.64. The first-order valence-corrected chi connectivity index (χ1v) is 6.11. The summed E-state index contributed by atoms with van der Waals surface area (Å²) < 4.78 is 20.0. The number of hydrogen-bond donors (Lipinski definition) is 0. The maximum absolute atomic E-state index is 11.3. The fraction of sp³-hybridized carbons (Fsp3) is 0.667. The zero-order valence-electron chi connectivity index (χ0n) is 9.53. The van der Waals surface area contributed by atoms with Gasteiger partial charge in [0.2, 0.25) is 0 Å². The molecule has 0 atom stereocenters. The summed E-state index contributed by atoms with van der Waals surface area (Å²) in [4.78, 5) is 11.3. The van der Waals surface area contributed by atoms with Crippen LogP contribution in [0.3, 0.4) is 0 Å². The van der Waals surface area contributed by atoms with Gasteiger partial charge in [-0.25, -0.2) is 4.79 Å². The molecule has 0 fully saturated rings. The van der Waals surface area contributed by atoms with Crippen molar-refractivity contribution in [2.45, 2.75) is 13.8 Å². The molecule has 0 aliphatic heterocycles. The van der Waals surface area contributed by atoms with Gasteiger partial charge < -0.3 is 18.3 Å². The fourth-order valence-corrected chi connectivity index (χ4v) is 1.48. The predicted octanol–water partition coefficient (Wildman–Crippen LogP) is 0.790. The molecule has 0 aromatic carbocycles. The first-order chi connectivity index (χ1) is 7.19. The Morgan fingerprint density at radius 2 is 1.87 bits per heavy atom. The molecule has 5 nitrogen and oxygen atoms in total. The zero-order valence-corrected chi connectivity index (χ0v) is 10.5. The van der Waals surface area contributed by atoms with E-state index in [4.69, 9.17) is 18.3 Å². The molecule has 1 radical (unpaired) electrons. The van der Waals surface area contributed by atoms with E-state index in [1.54, 1.807) is 34.1 Å². The lowest BCUT2D eigenvalue weighted by atomic mass is 10.5. The Kier molecular flexibility index (Phi) is 7.97. The van der Waals surface area contributed by atoms with Gasteiger partial charge in [0.05, 0.1) is 6.61 Å². The number of carbonyl (C=O) groups is 1. The standard InChI is InChI=1S/C9H17O5Si/c1-5-8(9(10)13-6-2)14-7-15(11-3)12-4/h5H,6-7H2,1-4H3. The van der Waals surface area contributed by atoms with Crippen molar-refractivity contribution >= 4 is 15.3 Å². The second kappa shape index (κ2) is 8.45. The molecule has 0 saturated heterocycles. The van der Waals surface area contributed by atoms with E-state index >= 15 is 0 Å². The molecule has 0 bridgehead atoms. The van der Waals surface area contributed by atoms with Gasteiger partial charge in [0.15, 0.2) is 5.76 Å². The quantitative estimate of drug-likeness (QED) is 0.282. The molecule has 6 heteroatoms. The molecule has 0 rings (SSSR count). The van der Waals surface area contributed by atoms with Crippen LogP contribution >= 0.6 is 0 Å². The van der Waals surface area contributed by atoms with Crippen molar-refractivity contribution < 1.29 is 23.1 Å². The van der Waals surface area contributed by atoms with Crippen LogP contribution in [0, 0.1) is 0 Å². The summed E-state index contributed by atoms with van der Waals surface area (Å²) in [5.74, 6) is -0.276. The summed E-state index contributed by atoms with van der Waals surface area (Å²) in [5.41, 5.74) is 0. The molecule has 0 spiro atoms. The Morgan fingerprint density at radius 3 is 2.27 bits per heavy atom. The molecule has 0 amide bonds. The Balaban J connectivity index is 4.06. The van der Waals surface area contributed by atoms with Gasteiger partial charge in [-0.1, -0.05) is 0 Å². The van der Waals surface area contributed by atoms with Gasteiger partial charge in [-0.15, -0.1) is 0 Å². The van der Waals surface area contributed by atoms with Crippen LogP contribution in [0.5, 0.6) is 0 Å². The highest BCUT2D eigenvalue weighted by molar-refractivity contribution is 6.44. The van der Waals surface area contributed by atoms with Crippen LogP contribution in [-0.2, 0) is 23.1 Å². The Morgan fingerprint density at radius 1 is 1.27 bits per heavy atom. The van der Waals surface area contributed by atoms with Crippen molar-refractivity contribution in [3.63, 3.8) is 0 Å². The minimum absolute atomic E-state index is 0.188. The maximum Gasteiger partial charge on any atom is 0.425 e. The van der Waals surface area contributed by atoms with Gasteiger partial charge in [0.1, 0.15) is 6.23 Å². The minimum atomic E-state index is -1.45. The summed E-state index contributed by atoms with van der Waals surface area (Å²) in [5, 5.41) is 0. The normalized spacial score (nSPS) is 11.7. The minimum Gasteiger partial charge on any atom is -0.485 e. The first kappa shape index (κ1) is 14.1. The lowest BCUT2D eigenvalue weighted by molar-refractivity contribution is -0.142. The highest BCUT2D eigenvalue weighted by atomic mass is 28.3. The van der Waals surface area contributed by atoms with Crippen molar-refractivity contribution in [3.8, 4) is 0 Å². The van der Waals surface area contributed by atoms with Crippen molar-refractivity contribution in [2.75, 3.05) is 27.1 Å². The van der Waals surface area contributed by atoms with E-state index in [9.17, 15) is 4.79 Å². The highest BCUT2D eigenvalue weighted by Crippen LogP contribution is 2.02. The van der Waals surface area contributed by atoms with Crippen LogP contribution < -0.4 is 0 Å². The largest absolute Gasteiger partial charge is 0.485 e. The Hall–Kier alpha value is -0.853. The zero-order chi connectivity index (χ0) is 11.7. The van der Waals surface area contributed by atoms with Crippen LogP contribution in [-0.4, -0.2) is 42.3 Å². The van der Waals surface area contributed by atoms with Gasteiger partial charge in [0, 0.05) is 14.2 Å². The van der Waals surface area contributed by atoms with Gasteiger partial charge >= 0.3 is 15.3 Å². The molecule has 0 aromatic heterocycles. The molecule has 0 heterocycles.